The Labute approximate surface area is 146 Å². The summed E-state index contributed by atoms with van der Waals surface area (Å²) in [6, 6.07) is 12.5. The highest BCUT2D eigenvalue weighted by atomic mass is 35.5. The minimum absolute atomic E-state index is 0.240. The Morgan fingerprint density at radius 3 is 2.70 bits per heavy atom. The van der Waals surface area contributed by atoms with Crippen LogP contribution in [0.15, 0.2) is 42.5 Å². The molecule has 2 aromatic carbocycles. The van der Waals surface area contributed by atoms with Crippen LogP contribution in [0.3, 0.4) is 0 Å². The first-order valence-electron chi connectivity index (χ1n) is 6.66. The van der Waals surface area contributed by atoms with E-state index in [1.54, 1.807) is 25.3 Å². The third kappa shape index (κ3) is 3.52. The molecule has 0 unspecified atom stereocenters. The van der Waals surface area contributed by atoms with Crippen LogP contribution in [0.1, 0.15) is 9.67 Å². The van der Waals surface area contributed by atoms with Crippen molar-refractivity contribution in [1.82, 2.24) is 5.43 Å². The predicted molar refractivity (Wildman–Crippen MR) is 95.9 cm³/mol. The fraction of sp³-hybridized carbons (Fsp3) is 0.0625. The number of hydrogen-bond donors (Lipinski definition) is 2. The van der Waals surface area contributed by atoms with Crippen molar-refractivity contribution in [3.05, 3.63) is 57.4 Å². The van der Waals surface area contributed by atoms with Gasteiger partial charge in [0.15, 0.2) is 0 Å². The molecule has 0 bridgehead atoms. The zero-order valence-corrected chi connectivity index (χ0v) is 14.4. The number of carbonyl (C=O) groups excluding carboxylic acids is 1. The van der Waals surface area contributed by atoms with E-state index in [-0.39, 0.29) is 5.91 Å². The van der Waals surface area contributed by atoms with Crippen LogP contribution in [0.5, 0.6) is 5.75 Å². The Morgan fingerprint density at radius 1 is 1.13 bits per heavy atom. The SMILES string of the molecule is COc1ccc2sc(C(=O)NNc3ccc(Cl)cc3Cl)cc2c1. The first kappa shape index (κ1) is 15.9. The Hall–Kier alpha value is -1.95. The lowest BCUT2D eigenvalue weighted by atomic mass is 10.2. The molecule has 1 heterocycles. The van der Waals surface area contributed by atoms with Crippen LogP contribution in [0.25, 0.3) is 10.1 Å². The Balaban J connectivity index is 1.75. The molecule has 0 aliphatic carbocycles. The lowest BCUT2D eigenvalue weighted by molar-refractivity contribution is 0.0967. The van der Waals surface area contributed by atoms with E-state index in [1.165, 1.54) is 11.3 Å². The maximum Gasteiger partial charge on any atom is 0.279 e. The third-order valence-corrected chi connectivity index (χ3v) is 4.85. The van der Waals surface area contributed by atoms with Gasteiger partial charge in [0.1, 0.15) is 5.75 Å². The van der Waals surface area contributed by atoms with Crippen LogP contribution in [-0.4, -0.2) is 13.0 Å². The van der Waals surface area contributed by atoms with Gasteiger partial charge in [0.2, 0.25) is 0 Å². The van der Waals surface area contributed by atoms with Crippen LogP contribution in [0.4, 0.5) is 5.69 Å². The first-order valence-corrected chi connectivity index (χ1v) is 8.23. The molecule has 23 heavy (non-hydrogen) atoms. The zero-order valence-electron chi connectivity index (χ0n) is 12.0. The van der Waals surface area contributed by atoms with Crippen molar-refractivity contribution in [1.29, 1.82) is 0 Å². The molecule has 0 spiro atoms. The number of anilines is 1. The molecule has 7 heteroatoms. The van der Waals surface area contributed by atoms with Crippen molar-refractivity contribution >= 4 is 56.2 Å². The smallest absolute Gasteiger partial charge is 0.279 e. The number of carbonyl (C=O) groups is 1. The number of ether oxygens (including phenoxy) is 1. The summed E-state index contributed by atoms with van der Waals surface area (Å²) in [5, 5.41) is 1.92. The Morgan fingerprint density at radius 2 is 1.96 bits per heavy atom. The molecule has 3 rings (SSSR count). The molecule has 118 valence electrons. The third-order valence-electron chi connectivity index (χ3n) is 3.19. The summed E-state index contributed by atoms with van der Waals surface area (Å²) in [6.45, 7) is 0. The number of hydrogen-bond acceptors (Lipinski definition) is 4. The van der Waals surface area contributed by atoms with Gasteiger partial charge in [-0.3, -0.25) is 15.6 Å². The summed E-state index contributed by atoms with van der Waals surface area (Å²) in [4.78, 5) is 12.8. The van der Waals surface area contributed by atoms with Gasteiger partial charge in [-0.2, -0.15) is 0 Å². The number of rotatable bonds is 4. The van der Waals surface area contributed by atoms with Crippen LogP contribution in [-0.2, 0) is 0 Å². The number of hydrazine groups is 1. The number of benzene rings is 2. The van der Waals surface area contributed by atoms with E-state index in [0.717, 1.165) is 15.8 Å². The molecule has 0 radical (unpaired) electrons. The highest BCUT2D eigenvalue weighted by Gasteiger charge is 2.11. The summed E-state index contributed by atoms with van der Waals surface area (Å²) in [7, 11) is 1.61. The quantitative estimate of drug-likeness (QED) is 0.640. The summed E-state index contributed by atoms with van der Waals surface area (Å²) in [6.07, 6.45) is 0. The molecule has 3 aromatic rings. The van der Waals surface area contributed by atoms with E-state index in [2.05, 4.69) is 10.9 Å². The monoisotopic (exact) mass is 366 g/mol. The van der Waals surface area contributed by atoms with Gasteiger partial charge in [0.25, 0.3) is 5.91 Å². The number of thiophene rings is 1. The standard InChI is InChI=1S/C16H12Cl2N2O2S/c1-22-11-3-5-14-9(6-11)7-15(23-14)16(21)20-19-13-4-2-10(17)8-12(13)18/h2-8,19H,1H3,(H,20,21). The Bertz CT molecular complexity index is 880. The lowest BCUT2D eigenvalue weighted by Gasteiger charge is -2.09. The maximum absolute atomic E-state index is 12.3. The number of amides is 1. The second kappa shape index (κ2) is 6.66. The summed E-state index contributed by atoms with van der Waals surface area (Å²) < 4.78 is 6.20. The fourth-order valence-corrected chi connectivity index (χ4v) is 3.43. The van der Waals surface area contributed by atoms with Gasteiger partial charge in [-0.05, 0) is 47.9 Å². The van der Waals surface area contributed by atoms with Gasteiger partial charge in [-0.1, -0.05) is 23.2 Å². The van der Waals surface area contributed by atoms with Crippen molar-refractivity contribution in [2.24, 2.45) is 0 Å². The van der Waals surface area contributed by atoms with Gasteiger partial charge in [-0.25, -0.2) is 0 Å². The minimum atomic E-state index is -0.240. The van der Waals surface area contributed by atoms with E-state index in [9.17, 15) is 4.79 Å². The zero-order chi connectivity index (χ0) is 16.4. The van der Waals surface area contributed by atoms with Crippen molar-refractivity contribution in [3.63, 3.8) is 0 Å². The summed E-state index contributed by atoms with van der Waals surface area (Å²) in [5.41, 5.74) is 6.00. The van der Waals surface area contributed by atoms with Crippen molar-refractivity contribution in [2.45, 2.75) is 0 Å². The van der Waals surface area contributed by atoms with E-state index in [0.29, 0.717) is 20.6 Å². The van der Waals surface area contributed by atoms with Gasteiger partial charge < -0.3 is 4.74 Å². The molecular formula is C16H12Cl2N2O2S. The molecule has 1 aromatic heterocycles. The highest BCUT2D eigenvalue weighted by molar-refractivity contribution is 7.20. The molecular weight excluding hydrogens is 355 g/mol. The van der Waals surface area contributed by atoms with Crippen LogP contribution < -0.4 is 15.6 Å². The first-order chi connectivity index (χ1) is 11.1. The van der Waals surface area contributed by atoms with E-state index in [1.807, 2.05) is 24.3 Å². The molecule has 0 saturated heterocycles. The summed E-state index contributed by atoms with van der Waals surface area (Å²) in [5.74, 6) is 0.518. The minimum Gasteiger partial charge on any atom is -0.497 e. The van der Waals surface area contributed by atoms with Gasteiger partial charge in [0.05, 0.1) is 22.7 Å². The normalized spacial score (nSPS) is 10.6. The number of methoxy groups -OCH3 is 1. The van der Waals surface area contributed by atoms with Crippen molar-refractivity contribution in [2.75, 3.05) is 12.5 Å². The largest absolute Gasteiger partial charge is 0.497 e. The number of nitrogens with one attached hydrogen (secondary N) is 2. The number of fused-ring (bicyclic) bond motifs is 1. The number of halogens is 2. The van der Waals surface area contributed by atoms with E-state index < -0.39 is 0 Å². The molecule has 2 N–H and O–H groups in total. The second-order valence-electron chi connectivity index (χ2n) is 4.72. The van der Waals surface area contributed by atoms with Gasteiger partial charge in [-0.15, -0.1) is 11.3 Å². The second-order valence-corrected chi connectivity index (χ2v) is 6.65. The maximum atomic E-state index is 12.3. The van der Waals surface area contributed by atoms with E-state index in [4.69, 9.17) is 27.9 Å². The fourth-order valence-electron chi connectivity index (χ4n) is 2.04. The van der Waals surface area contributed by atoms with Gasteiger partial charge >= 0.3 is 0 Å². The molecule has 0 aliphatic rings. The average molecular weight is 367 g/mol. The molecule has 0 saturated carbocycles. The molecule has 0 fully saturated rings. The molecule has 4 nitrogen and oxygen atoms in total. The van der Waals surface area contributed by atoms with E-state index >= 15 is 0 Å². The molecule has 0 aliphatic heterocycles. The van der Waals surface area contributed by atoms with Crippen LogP contribution in [0.2, 0.25) is 10.0 Å². The van der Waals surface area contributed by atoms with Crippen molar-refractivity contribution < 1.29 is 9.53 Å². The predicted octanol–water partition coefficient (Wildman–Crippen LogP) is 4.97. The highest BCUT2D eigenvalue weighted by Crippen LogP contribution is 2.29. The molecule has 0 atom stereocenters. The van der Waals surface area contributed by atoms with Crippen molar-refractivity contribution in [3.8, 4) is 5.75 Å². The summed E-state index contributed by atoms with van der Waals surface area (Å²) >= 11 is 13.3. The van der Waals surface area contributed by atoms with Gasteiger partial charge in [0, 0.05) is 9.72 Å². The van der Waals surface area contributed by atoms with Crippen LogP contribution in [0, 0.1) is 0 Å². The van der Waals surface area contributed by atoms with Crippen LogP contribution >= 0.6 is 34.5 Å². The lowest BCUT2D eigenvalue weighted by Crippen LogP contribution is -2.28. The molecule has 1 amide bonds. The Kier molecular flexibility index (Phi) is 4.61. The topological polar surface area (TPSA) is 50.4 Å². The average Bonchev–Trinajstić information content (AvgIpc) is 2.96.